The van der Waals surface area contributed by atoms with Crippen LogP contribution >= 0.6 is 11.6 Å². The van der Waals surface area contributed by atoms with E-state index in [1.165, 1.54) is 0 Å². The van der Waals surface area contributed by atoms with Crippen molar-refractivity contribution in [3.05, 3.63) is 41.4 Å². The fraction of sp³-hybridized carbons (Fsp3) is 0.588. The number of halogens is 4. The number of ether oxygens (including phenoxy) is 1. The fourth-order valence-corrected chi connectivity index (χ4v) is 4.37. The van der Waals surface area contributed by atoms with Gasteiger partial charge in [-0.15, -0.1) is 0 Å². The highest BCUT2D eigenvalue weighted by molar-refractivity contribution is 6.30. The van der Waals surface area contributed by atoms with Crippen LogP contribution in [-0.2, 0) is 10.2 Å². The van der Waals surface area contributed by atoms with Gasteiger partial charge in [0.25, 0.3) is 0 Å². The number of piperidine rings is 1. The van der Waals surface area contributed by atoms with E-state index in [4.69, 9.17) is 16.3 Å². The van der Waals surface area contributed by atoms with Crippen molar-refractivity contribution < 1.29 is 17.9 Å². The predicted molar refractivity (Wildman–Crippen MR) is 85.9 cm³/mol. The highest BCUT2D eigenvalue weighted by Crippen LogP contribution is 2.49. The molecule has 0 radical (unpaired) electrons. The summed E-state index contributed by atoms with van der Waals surface area (Å²) in [6.45, 7) is -0.833. The number of alkyl halides is 3. The van der Waals surface area contributed by atoms with Gasteiger partial charge in [-0.2, -0.15) is 13.2 Å². The molecule has 7 heteroatoms. The molecule has 2 saturated heterocycles. The Bertz CT molecular complexity index is 606. The van der Waals surface area contributed by atoms with Crippen molar-refractivity contribution >= 4 is 11.6 Å². The van der Waals surface area contributed by atoms with Gasteiger partial charge in [-0.1, -0.05) is 11.6 Å². The molecule has 3 heterocycles. The van der Waals surface area contributed by atoms with Gasteiger partial charge in [0.15, 0.2) is 0 Å². The lowest BCUT2D eigenvalue weighted by molar-refractivity contribution is -0.156. The summed E-state index contributed by atoms with van der Waals surface area (Å²) in [5.41, 5.74) is 0.550. The predicted octanol–water partition coefficient (Wildman–Crippen LogP) is 4.32. The maximum atomic E-state index is 12.9. The standard InChI is InChI=1S/C17H20ClF3N2O/c1-24-5-4-16(12-6-13(18)10-22-9-12)7-14-2-3-15(8-16)23(14)11-17(19,20)21/h4-6,9-10,14-15H,2-3,7-8,11H2,1H3. The molecule has 0 aromatic carbocycles. The number of aromatic nitrogens is 1. The second-order valence-corrected chi connectivity index (χ2v) is 7.10. The van der Waals surface area contributed by atoms with Gasteiger partial charge < -0.3 is 4.74 Å². The van der Waals surface area contributed by atoms with Gasteiger partial charge in [-0.25, -0.2) is 0 Å². The maximum Gasteiger partial charge on any atom is 0.401 e. The summed E-state index contributed by atoms with van der Waals surface area (Å²) < 4.78 is 43.7. The molecule has 1 aromatic rings. The van der Waals surface area contributed by atoms with E-state index in [1.807, 2.05) is 12.1 Å². The number of methoxy groups -OCH3 is 1. The minimum atomic E-state index is -4.17. The number of nitrogens with zero attached hydrogens (tertiary/aromatic N) is 2. The van der Waals surface area contributed by atoms with Crippen LogP contribution in [-0.4, -0.2) is 41.8 Å². The van der Waals surface area contributed by atoms with Crippen molar-refractivity contribution in [1.29, 1.82) is 0 Å². The van der Waals surface area contributed by atoms with Gasteiger partial charge in [0.05, 0.1) is 24.9 Å². The Morgan fingerprint density at radius 1 is 1.33 bits per heavy atom. The van der Waals surface area contributed by atoms with Crippen LogP contribution in [0.4, 0.5) is 13.2 Å². The first-order valence-electron chi connectivity index (χ1n) is 7.97. The molecule has 0 spiro atoms. The molecule has 24 heavy (non-hydrogen) atoms. The summed E-state index contributed by atoms with van der Waals surface area (Å²) in [5.74, 6) is 0. The molecule has 1 aromatic heterocycles. The number of hydrogen-bond donors (Lipinski definition) is 0. The van der Waals surface area contributed by atoms with E-state index in [0.717, 1.165) is 18.4 Å². The quantitative estimate of drug-likeness (QED) is 0.748. The van der Waals surface area contributed by atoms with Crippen LogP contribution in [0.15, 0.2) is 30.8 Å². The van der Waals surface area contributed by atoms with Gasteiger partial charge in [-0.05, 0) is 43.4 Å². The second-order valence-electron chi connectivity index (χ2n) is 6.67. The van der Waals surface area contributed by atoms with Crippen molar-refractivity contribution in [3.8, 4) is 0 Å². The van der Waals surface area contributed by atoms with E-state index in [1.54, 1.807) is 30.7 Å². The molecule has 2 unspecified atom stereocenters. The van der Waals surface area contributed by atoms with Crippen LogP contribution in [0.3, 0.4) is 0 Å². The van der Waals surface area contributed by atoms with Gasteiger partial charge in [0.1, 0.15) is 0 Å². The molecule has 3 nitrogen and oxygen atoms in total. The fourth-order valence-electron chi connectivity index (χ4n) is 4.19. The molecule has 132 valence electrons. The molecule has 2 bridgehead atoms. The number of pyridine rings is 1. The normalized spacial score (nSPS) is 30.9. The minimum absolute atomic E-state index is 0.0918. The van der Waals surface area contributed by atoms with E-state index in [9.17, 15) is 13.2 Å². The van der Waals surface area contributed by atoms with Gasteiger partial charge in [0.2, 0.25) is 0 Å². The van der Waals surface area contributed by atoms with Crippen molar-refractivity contribution in [2.75, 3.05) is 13.7 Å². The second kappa shape index (κ2) is 6.56. The van der Waals surface area contributed by atoms with Gasteiger partial charge >= 0.3 is 6.18 Å². The number of hydrogen-bond acceptors (Lipinski definition) is 3. The number of rotatable bonds is 4. The van der Waals surface area contributed by atoms with Crippen LogP contribution in [0.2, 0.25) is 5.02 Å². The molecule has 0 aliphatic carbocycles. The Balaban J connectivity index is 1.92. The topological polar surface area (TPSA) is 25.4 Å². The highest BCUT2D eigenvalue weighted by Gasteiger charge is 2.50. The summed E-state index contributed by atoms with van der Waals surface area (Å²) in [6, 6.07) is 1.67. The molecule has 0 amide bonds. The van der Waals surface area contributed by atoms with Crippen molar-refractivity contribution in [3.63, 3.8) is 0 Å². The van der Waals surface area contributed by atoms with Crippen molar-refractivity contribution in [1.82, 2.24) is 9.88 Å². The molecule has 0 N–H and O–H groups in total. The van der Waals surface area contributed by atoms with E-state index >= 15 is 0 Å². The number of fused-ring (bicyclic) bond motifs is 2. The Hall–Kier alpha value is -1.27. The van der Waals surface area contributed by atoms with Gasteiger partial charge in [0, 0.05) is 29.9 Å². The Labute approximate surface area is 144 Å². The minimum Gasteiger partial charge on any atom is -0.505 e. The van der Waals surface area contributed by atoms with E-state index in [0.29, 0.717) is 17.9 Å². The maximum absolute atomic E-state index is 12.9. The lowest BCUT2D eigenvalue weighted by Gasteiger charge is -2.45. The molecule has 2 aliphatic heterocycles. The summed E-state index contributed by atoms with van der Waals surface area (Å²) in [4.78, 5) is 5.78. The molecular formula is C17H20ClF3N2O. The van der Waals surface area contributed by atoms with Crippen LogP contribution in [0.25, 0.3) is 0 Å². The molecule has 2 fully saturated rings. The first kappa shape index (κ1) is 17.5. The zero-order valence-corrected chi connectivity index (χ0v) is 14.1. The third-order valence-corrected chi connectivity index (χ3v) is 5.34. The summed E-state index contributed by atoms with van der Waals surface area (Å²) in [7, 11) is 1.56. The summed E-state index contributed by atoms with van der Waals surface area (Å²) in [6.07, 6.45) is 5.52. The van der Waals surface area contributed by atoms with Crippen LogP contribution in [0, 0.1) is 0 Å². The first-order valence-corrected chi connectivity index (χ1v) is 8.35. The highest BCUT2D eigenvalue weighted by atomic mass is 35.5. The van der Waals surface area contributed by atoms with Crippen LogP contribution in [0.1, 0.15) is 31.2 Å². The van der Waals surface area contributed by atoms with Crippen LogP contribution in [0.5, 0.6) is 0 Å². The first-order chi connectivity index (χ1) is 11.3. The van der Waals surface area contributed by atoms with Crippen molar-refractivity contribution in [2.24, 2.45) is 0 Å². The molecule has 2 atom stereocenters. The van der Waals surface area contributed by atoms with Crippen molar-refractivity contribution in [2.45, 2.75) is 49.4 Å². The summed E-state index contributed by atoms with van der Waals surface area (Å²) >= 11 is 6.09. The van der Waals surface area contributed by atoms with E-state index in [-0.39, 0.29) is 17.5 Å². The molecular weight excluding hydrogens is 341 g/mol. The lowest BCUT2D eigenvalue weighted by Crippen LogP contribution is -2.51. The SMILES string of the molecule is COC=CC1(c2cncc(Cl)c2)CC2CCC(C1)N2CC(F)(F)F. The Kier molecular flexibility index (Phi) is 4.80. The third-order valence-electron chi connectivity index (χ3n) is 5.14. The molecule has 3 rings (SSSR count). The smallest absolute Gasteiger partial charge is 0.401 e. The average Bonchev–Trinajstić information content (AvgIpc) is 2.75. The van der Waals surface area contributed by atoms with Crippen LogP contribution < -0.4 is 0 Å². The zero-order valence-electron chi connectivity index (χ0n) is 13.4. The molecule has 2 aliphatic rings. The Morgan fingerprint density at radius 2 is 2.00 bits per heavy atom. The monoisotopic (exact) mass is 360 g/mol. The zero-order chi connectivity index (χ0) is 17.4. The molecule has 0 saturated carbocycles. The largest absolute Gasteiger partial charge is 0.505 e. The van der Waals surface area contributed by atoms with E-state index < -0.39 is 12.7 Å². The third kappa shape index (κ3) is 3.54. The van der Waals surface area contributed by atoms with E-state index in [2.05, 4.69) is 4.98 Å². The number of allylic oxidation sites excluding steroid dienone is 1. The average molecular weight is 361 g/mol. The Morgan fingerprint density at radius 3 is 2.54 bits per heavy atom. The van der Waals surface area contributed by atoms with Gasteiger partial charge in [-0.3, -0.25) is 9.88 Å². The lowest BCUT2D eigenvalue weighted by atomic mass is 9.70. The summed E-state index contributed by atoms with van der Waals surface area (Å²) in [5, 5.41) is 0.530.